The van der Waals surface area contributed by atoms with Gasteiger partial charge in [0.05, 0.1) is 7.91 Å². The van der Waals surface area contributed by atoms with Crippen molar-refractivity contribution in [3.05, 3.63) is 30.3 Å². The van der Waals surface area contributed by atoms with Gasteiger partial charge in [-0.05, 0) is 45.8 Å². The second kappa shape index (κ2) is 9.63. The molecular formula is C20H38N2P2. The van der Waals surface area contributed by atoms with Gasteiger partial charge in [0, 0.05) is 25.2 Å². The summed E-state index contributed by atoms with van der Waals surface area (Å²) >= 11 is 0. The van der Waals surface area contributed by atoms with Crippen LogP contribution in [0.2, 0.25) is 0 Å². The Balaban J connectivity index is 3.51. The topological polar surface area (TPSA) is 6.48 Å². The summed E-state index contributed by atoms with van der Waals surface area (Å²) in [4.78, 5) is 0. The first-order valence-electron chi connectivity index (χ1n) is 9.33. The average molecular weight is 368 g/mol. The Hall–Kier alpha value is 0. The molecule has 138 valence electrons. The molecule has 1 aromatic rings. The summed E-state index contributed by atoms with van der Waals surface area (Å²) in [7, 11) is -0.662. The van der Waals surface area contributed by atoms with Gasteiger partial charge < -0.3 is 0 Å². The highest BCUT2D eigenvalue weighted by Crippen LogP contribution is 2.77. The maximum absolute atomic E-state index is 2.80. The maximum Gasteiger partial charge on any atom is 0.0705 e. The molecule has 1 rings (SSSR count). The Morgan fingerprint density at radius 1 is 0.875 bits per heavy atom. The molecule has 0 saturated heterocycles. The van der Waals surface area contributed by atoms with E-state index in [1.165, 1.54) is 0 Å². The molecule has 0 N–H and O–H groups in total. The quantitative estimate of drug-likeness (QED) is 0.498. The van der Waals surface area contributed by atoms with E-state index in [4.69, 9.17) is 0 Å². The van der Waals surface area contributed by atoms with Crippen molar-refractivity contribution in [1.82, 2.24) is 9.34 Å². The Bertz CT molecular complexity index is 456. The first-order valence-corrected chi connectivity index (χ1v) is 12.6. The molecule has 0 aliphatic rings. The van der Waals surface area contributed by atoms with Crippen molar-refractivity contribution in [3.8, 4) is 0 Å². The third kappa shape index (κ3) is 5.50. The van der Waals surface area contributed by atoms with E-state index >= 15 is 0 Å². The average Bonchev–Trinajstić information content (AvgIpc) is 2.47. The summed E-state index contributed by atoms with van der Waals surface area (Å²) in [6.07, 6.45) is 0. The highest BCUT2D eigenvalue weighted by molar-refractivity contribution is 8.31. The lowest BCUT2D eigenvalue weighted by Gasteiger charge is -2.50. The molecule has 2 atom stereocenters. The Morgan fingerprint density at radius 3 is 1.67 bits per heavy atom. The zero-order valence-corrected chi connectivity index (χ0v) is 19.0. The van der Waals surface area contributed by atoms with E-state index in [2.05, 4.69) is 102 Å². The fourth-order valence-corrected chi connectivity index (χ4v) is 13.3. The molecule has 0 unspecified atom stereocenters. The SMILES string of the molecule is CCN(CC)[P@@](N(C(C)C)C(C)C)[P@](c1ccccc1)C(C)(C)C. The van der Waals surface area contributed by atoms with Crippen molar-refractivity contribution in [1.29, 1.82) is 0 Å². The number of benzene rings is 1. The minimum Gasteiger partial charge on any atom is -0.267 e. The Labute approximate surface area is 153 Å². The summed E-state index contributed by atoms with van der Waals surface area (Å²) in [6.45, 7) is 23.6. The van der Waals surface area contributed by atoms with Gasteiger partial charge in [-0.25, -0.2) is 0 Å². The summed E-state index contributed by atoms with van der Waals surface area (Å²) in [5, 5.41) is 1.83. The van der Waals surface area contributed by atoms with Gasteiger partial charge in [0.25, 0.3) is 0 Å². The van der Waals surface area contributed by atoms with Crippen LogP contribution in [0.4, 0.5) is 0 Å². The van der Waals surface area contributed by atoms with Crippen molar-refractivity contribution >= 4 is 20.8 Å². The van der Waals surface area contributed by atoms with Gasteiger partial charge in [-0.15, -0.1) is 0 Å². The predicted octanol–water partition coefficient (Wildman–Crippen LogP) is 6.28. The number of hydrogen-bond acceptors (Lipinski definition) is 2. The van der Waals surface area contributed by atoms with Crippen LogP contribution in [0, 0.1) is 0 Å². The molecule has 1 aromatic carbocycles. The van der Waals surface area contributed by atoms with E-state index in [1.54, 1.807) is 5.30 Å². The van der Waals surface area contributed by atoms with Gasteiger partial charge in [-0.1, -0.05) is 65.0 Å². The normalized spacial score (nSPS) is 15.5. The monoisotopic (exact) mass is 368 g/mol. The smallest absolute Gasteiger partial charge is 0.0705 e. The van der Waals surface area contributed by atoms with Crippen molar-refractivity contribution in [2.75, 3.05) is 13.1 Å². The van der Waals surface area contributed by atoms with Crippen molar-refractivity contribution < 1.29 is 0 Å². The molecular weight excluding hydrogens is 330 g/mol. The van der Waals surface area contributed by atoms with E-state index in [0.717, 1.165) is 13.1 Å². The van der Waals surface area contributed by atoms with Crippen molar-refractivity contribution in [2.45, 2.75) is 79.6 Å². The third-order valence-corrected chi connectivity index (χ3v) is 13.8. The van der Waals surface area contributed by atoms with Gasteiger partial charge in [-0.3, -0.25) is 9.34 Å². The molecule has 2 nitrogen and oxygen atoms in total. The minimum absolute atomic E-state index is 0.285. The molecule has 0 spiro atoms. The molecule has 0 bridgehead atoms. The van der Waals surface area contributed by atoms with E-state index in [1.807, 2.05) is 0 Å². The maximum atomic E-state index is 2.80. The highest BCUT2D eigenvalue weighted by atomic mass is 32.1. The van der Waals surface area contributed by atoms with Crippen LogP contribution in [0.15, 0.2) is 30.3 Å². The van der Waals surface area contributed by atoms with E-state index in [-0.39, 0.29) is 20.7 Å². The van der Waals surface area contributed by atoms with Crippen molar-refractivity contribution in [2.24, 2.45) is 0 Å². The van der Waals surface area contributed by atoms with E-state index in [9.17, 15) is 0 Å². The molecule has 24 heavy (non-hydrogen) atoms. The van der Waals surface area contributed by atoms with Crippen molar-refractivity contribution in [3.63, 3.8) is 0 Å². The Kier molecular flexibility index (Phi) is 8.84. The zero-order valence-electron chi connectivity index (χ0n) is 17.2. The minimum atomic E-state index is -0.363. The molecule has 0 aliphatic carbocycles. The number of nitrogens with zero attached hydrogens (tertiary/aromatic N) is 2. The molecule has 0 aliphatic heterocycles. The Morgan fingerprint density at radius 2 is 1.33 bits per heavy atom. The fraction of sp³-hybridized carbons (Fsp3) is 0.700. The lowest BCUT2D eigenvalue weighted by Crippen LogP contribution is -2.39. The van der Waals surface area contributed by atoms with Gasteiger partial charge in [-0.2, -0.15) is 0 Å². The van der Waals surface area contributed by atoms with Crippen LogP contribution in [-0.4, -0.2) is 39.7 Å². The van der Waals surface area contributed by atoms with E-state index in [0.29, 0.717) is 12.1 Å². The van der Waals surface area contributed by atoms with Crippen LogP contribution in [0.1, 0.15) is 62.3 Å². The van der Waals surface area contributed by atoms with Crippen LogP contribution >= 0.6 is 15.5 Å². The van der Waals surface area contributed by atoms with E-state index < -0.39 is 0 Å². The number of hydrogen-bond donors (Lipinski definition) is 0. The molecule has 0 aromatic heterocycles. The molecule has 4 heteroatoms. The largest absolute Gasteiger partial charge is 0.267 e. The molecule has 0 saturated carbocycles. The summed E-state index contributed by atoms with van der Waals surface area (Å²) in [5.74, 6) is 0. The van der Waals surface area contributed by atoms with Crippen LogP contribution in [0.3, 0.4) is 0 Å². The second-order valence-corrected chi connectivity index (χ2v) is 14.1. The van der Waals surface area contributed by atoms with Gasteiger partial charge >= 0.3 is 0 Å². The number of rotatable bonds is 8. The van der Waals surface area contributed by atoms with Crippen LogP contribution in [0.25, 0.3) is 0 Å². The molecule has 0 amide bonds. The lowest BCUT2D eigenvalue weighted by molar-refractivity contribution is 0.304. The summed E-state index contributed by atoms with van der Waals surface area (Å²) in [5.41, 5.74) is 0. The molecule has 0 fully saturated rings. The van der Waals surface area contributed by atoms with Gasteiger partial charge in [0.1, 0.15) is 0 Å². The summed E-state index contributed by atoms with van der Waals surface area (Å²) in [6, 6.07) is 12.4. The third-order valence-electron chi connectivity index (χ3n) is 4.06. The molecule has 0 radical (unpaired) electrons. The first kappa shape index (κ1) is 22.0. The fourth-order valence-electron chi connectivity index (χ4n) is 3.19. The second-order valence-electron chi connectivity index (χ2n) is 7.79. The first-order chi connectivity index (χ1) is 11.1. The lowest BCUT2D eigenvalue weighted by atomic mass is 10.3. The van der Waals surface area contributed by atoms with Crippen LogP contribution in [0.5, 0.6) is 0 Å². The summed E-state index contributed by atoms with van der Waals surface area (Å²) < 4.78 is 5.53. The van der Waals surface area contributed by atoms with Crippen LogP contribution < -0.4 is 5.30 Å². The highest BCUT2D eigenvalue weighted by Gasteiger charge is 2.41. The van der Waals surface area contributed by atoms with Crippen LogP contribution in [-0.2, 0) is 0 Å². The zero-order chi connectivity index (χ0) is 18.5. The standard InChI is InChI=1S/C20H38N2P2/c1-10-21(11-2)24(22(17(3)4)18(5)6)23(20(7,8)9)19-15-13-12-14-16-19/h12-18H,10-11H2,1-9H3/t23-,24+/m1/s1. The molecule has 0 heterocycles. The van der Waals surface area contributed by atoms with Gasteiger partial charge in [0.2, 0.25) is 0 Å². The predicted molar refractivity (Wildman–Crippen MR) is 115 cm³/mol. The van der Waals surface area contributed by atoms with Gasteiger partial charge in [0.15, 0.2) is 0 Å².